The normalized spacial score (nSPS) is 11.9. The van der Waals surface area contributed by atoms with E-state index in [4.69, 9.17) is 4.74 Å². The van der Waals surface area contributed by atoms with Crippen LogP contribution in [0.3, 0.4) is 0 Å². The van der Waals surface area contributed by atoms with E-state index in [1.165, 1.54) is 11.1 Å². The number of carbonyl (C=O) groups is 1. The van der Waals surface area contributed by atoms with Crippen LogP contribution < -0.4 is 0 Å². The lowest BCUT2D eigenvalue weighted by atomic mass is 9.89. The third-order valence-corrected chi connectivity index (χ3v) is 3.93. The van der Waals surface area contributed by atoms with Crippen molar-refractivity contribution in [3.63, 3.8) is 0 Å². The van der Waals surface area contributed by atoms with Gasteiger partial charge in [-0.25, -0.2) is 4.79 Å². The standard InChI is InChI=1S/C20H24O3/c1-3-9-15-13-8-14-18(17(15)10-4-2)19(23-20(21)22)16-11-6-5-7-12-16/h5-8,11-14,19H,3-4,9-10H2,1-2H3,(H,21,22). The Bertz CT molecular complexity index is 635. The summed E-state index contributed by atoms with van der Waals surface area (Å²) in [7, 11) is 0. The molecule has 0 aliphatic carbocycles. The van der Waals surface area contributed by atoms with Gasteiger partial charge in [0.2, 0.25) is 0 Å². The average Bonchev–Trinajstić information content (AvgIpc) is 2.55. The summed E-state index contributed by atoms with van der Waals surface area (Å²) in [4.78, 5) is 11.2. The summed E-state index contributed by atoms with van der Waals surface area (Å²) < 4.78 is 5.26. The van der Waals surface area contributed by atoms with Crippen molar-refractivity contribution in [3.8, 4) is 0 Å². The third kappa shape index (κ3) is 4.35. The molecule has 0 amide bonds. The predicted octanol–water partition coefficient (Wildman–Crippen LogP) is 5.38. The van der Waals surface area contributed by atoms with Crippen LogP contribution in [0.1, 0.15) is 55.0 Å². The Balaban J connectivity index is 2.53. The van der Waals surface area contributed by atoms with Crippen molar-refractivity contribution in [3.05, 3.63) is 70.8 Å². The van der Waals surface area contributed by atoms with E-state index in [1.54, 1.807) is 0 Å². The van der Waals surface area contributed by atoms with E-state index in [0.717, 1.165) is 36.8 Å². The molecule has 0 aliphatic heterocycles. The van der Waals surface area contributed by atoms with Gasteiger partial charge in [-0.15, -0.1) is 0 Å². The molecule has 2 aromatic carbocycles. The van der Waals surface area contributed by atoms with Gasteiger partial charge in [0.25, 0.3) is 0 Å². The molecule has 0 aliphatic rings. The van der Waals surface area contributed by atoms with Gasteiger partial charge in [0.05, 0.1) is 0 Å². The molecule has 1 unspecified atom stereocenters. The summed E-state index contributed by atoms with van der Waals surface area (Å²) in [6.07, 6.45) is 2.18. The maximum absolute atomic E-state index is 11.2. The predicted molar refractivity (Wildman–Crippen MR) is 91.8 cm³/mol. The van der Waals surface area contributed by atoms with Crippen LogP contribution in [-0.4, -0.2) is 11.3 Å². The Morgan fingerprint density at radius 1 is 1.00 bits per heavy atom. The van der Waals surface area contributed by atoms with Crippen molar-refractivity contribution in [2.24, 2.45) is 0 Å². The number of carboxylic acid groups (broad SMARTS) is 1. The largest absolute Gasteiger partial charge is 0.506 e. The van der Waals surface area contributed by atoms with E-state index in [9.17, 15) is 9.90 Å². The van der Waals surface area contributed by atoms with Gasteiger partial charge in [-0.05, 0) is 29.5 Å². The minimum Gasteiger partial charge on any atom is -0.450 e. The first-order valence-corrected chi connectivity index (χ1v) is 8.22. The Hall–Kier alpha value is -2.29. The zero-order chi connectivity index (χ0) is 16.7. The molecule has 0 heterocycles. The molecular weight excluding hydrogens is 288 g/mol. The van der Waals surface area contributed by atoms with Crippen LogP contribution in [0, 0.1) is 0 Å². The van der Waals surface area contributed by atoms with E-state index in [1.807, 2.05) is 42.5 Å². The summed E-state index contributed by atoms with van der Waals surface area (Å²) in [6.45, 7) is 4.30. The van der Waals surface area contributed by atoms with Gasteiger partial charge < -0.3 is 9.84 Å². The molecule has 0 bridgehead atoms. The van der Waals surface area contributed by atoms with Crippen LogP contribution in [0.5, 0.6) is 0 Å². The van der Waals surface area contributed by atoms with Gasteiger partial charge in [-0.2, -0.15) is 0 Å². The van der Waals surface area contributed by atoms with Crippen LogP contribution in [0.4, 0.5) is 4.79 Å². The fraction of sp³-hybridized carbons (Fsp3) is 0.350. The van der Waals surface area contributed by atoms with Crippen LogP contribution in [0.15, 0.2) is 48.5 Å². The maximum atomic E-state index is 11.2. The summed E-state index contributed by atoms with van der Waals surface area (Å²) in [5.41, 5.74) is 4.35. The van der Waals surface area contributed by atoms with Gasteiger partial charge in [0, 0.05) is 5.56 Å². The van der Waals surface area contributed by atoms with Gasteiger partial charge in [-0.3, -0.25) is 0 Å². The highest BCUT2D eigenvalue weighted by atomic mass is 16.7. The number of ether oxygens (including phenoxy) is 1. The monoisotopic (exact) mass is 312 g/mol. The molecular formula is C20H24O3. The van der Waals surface area contributed by atoms with Crippen molar-refractivity contribution in [2.45, 2.75) is 45.6 Å². The van der Waals surface area contributed by atoms with E-state index < -0.39 is 12.3 Å². The molecule has 23 heavy (non-hydrogen) atoms. The lowest BCUT2D eigenvalue weighted by molar-refractivity contribution is 0.0660. The summed E-state index contributed by atoms with van der Waals surface area (Å²) >= 11 is 0. The number of benzene rings is 2. The lowest BCUT2D eigenvalue weighted by Gasteiger charge is -2.22. The van der Waals surface area contributed by atoms with Crippen molar-refractivity contribution in [1.29, 1.82) is 0 Å². The molecule has 0 fully saturated rings. The highest BCUT2D eigenvalue weighted by Gasteiger charge is 2.22. The molecule has 0 saturated heterocycles. The molecule has 3 nitrogen and oxygen atoms in total. The minimum absolute atomic E-state index is 0.577. The fourth-order valence-electron chi connectivity index (χ4n) is 3.00. The molecule has 1 N–H and O–H groups in total. The SMILES string of the molecule is CCCc1cccc(C(OC(=O)O)c2ccccc2)c1CCC. The van der Waals surface area contributed by atoms with Gasteiger partial charge in [0.15, 0.2) is 6.10 Å². The van der Waals surface area contributed by atoms with Crippen molar-refractivity contribution in [1.82, 2.24) is 0 Å². The molecule has 2 rings (SSSR count). The number of rotatable bonds is 7. The summed E-state index contributed by atoms with van der Waals surface area (Å²) in [5.74, 6) is 0. The van der Waals surface area contributed by atoms with E-state index in [2.05, 4.69) is 19.9 Å². The Morgan fingerprint density at radius 3 is 2.30 bits per heavy atom. The smallest absolute Gasteiger partial charge is 0.450 e. The minimum atomic E-state index is -1.25. The van der Waals surface area contributed by atoms with E-state index >= 15 is 0 Å². The van der Waals surface area contributed by atoms with Crippen LogP contribution in [-0.2, 0) is 17.6 Å². The molecule has 3 heteroatoms. The Labute approximate surface area is 137 Å². The fourth-order valence-corrected chi connectivity index (χ4v) is 3.00. The highest BCUT2D eigenvalue weighted by molar-refractivity contribution is 5.58. The zero-order valence-electron chi connectivity index (χ0n) is 13.8. The first-order chi connectivity index (χ1) is 11.2. The van der Waals surface area contributed by atoms with Gasteiger partial charge >= 0.3 is 6.16 Å². The highest BCUT2D eigenvalue weighted by Crippen LogP contribution is 2.31. The maximum Gasteiger partial charge on any atom is 0.506 e. The number of hydrogen-bond acceptors (Lipinski definition) is 2. The molecule has 0 aromatic heterocycles. The van der Waals surface area contributed by atoms with E-state index in [0.29, 0.717) is 0 Å². The molecule has 2 aromatic rings. The summed E-state index contributed by atoms with van der Waals surface area (Å²) in [6, 6.07) is 15.7. The van der Waals surface area contributed by atoms with Gasteiger partial charge in [-0.1, -0.05) is 75.2 Å². The molecule has 0 saturated carbocycles. The molecule has 0 radical (unpaired) electrons. The second-order valence-electron chi connectivity index (χ2n) is 5.66. The van der Waals surface area contributed by atoms with Crippen molar-refractivity contribution < 1.29 is 14.6 Å². The van der Waals surface area contributed by atoms with Crippen LogP contribution in [0.25, 0.3) is 0 Å². The second kappa shape index (κ2) is 8.37. The topological polar surface area (TPSA) is 46.5 Å². The zero-order valence-corrected chi connectivity index (χ0v) is 13.8. The molecule has 0 spiro atoms. The van der Waals surface area contributed by atoms with Gasteiger partial charge in [0.1, 0.15) is 0 Å². The van der Waals surface area contributed by atoms with Crippen LogP contribution >= 0.6 is 0 Å². The average molecular weight is 312 g/mol. The molecule has 1 atom stereocenters. The summed E-state index contributed by atoms with van der Waals surface area (Å²) in [5, 5.41) is 9.18. The quantitative estimate of drug-likeness (QED) is 0.699. The first-order valence-electron chi connectivity index (χ1n) is 8.22. The number of aryl methyl sites for hydroxylation is 1. The number of hydrogen-bond donors (Lipinski definition) is 1. The van der Waals surface area contributed by atoms with Crippen LogP contribution in [0.2, 0.25) is 0 Å². The molecule has 122 valence electrons. The first kappa shape index (κ1) is 17.1. The Morgan fingerprint density at radius 2 is 1.70 bits per heavy atom. The van der Waals surface area contributed by atoms with Crippen molar-refractivity contribution >= 4 is 6.16 Å². The van der Waals surface area contributed by atoms with E-state index in [-0.39, 0.29) is 0 Å². The second-order valence-corrected chi connectivity index (χ2v) is 5.66. The Kier molecular flexibility index (Phi) is 6.21. The van der Waals surface area contributed by atoms with Crippen molar-refractivity contribution in [2.75, 3.05) is 0 Å². The third-order valence-electron chi connectivity index (χ3n) is 3.93. The lowest BCUT2D eigenvalue weighted by Crippen LogP contribution is -2.14.